The number of amides is 1. The Morgan fingerprint density at radius 3 is 2.71 bits per heavy atom. The molecule has 0 aromatic heterocycles. The second kappa shape index (κ2) is 4.37. The summed E-state index contributed by atoms with van der Waals surface area (Å²) >= 11 is 0. The van der Waals surface area contributed by atoms with Crippen molar-refractivity contribution in [3.63, 3.8) is 0 Å². The van der Waals surface area contributed by atoms with E-state index in [2.05, 4.69) is 5.32 Å². The topological polar surface area (TPSA) is 64.3 Å². The molecule has 4 nitrogen and oxygen atoms in total. The minimum absolute atomic E-state index is 0.0990. The number of hydrogen-bond donors (Lipinski definition) is 2. The molecule has 92 valence electrons. The number of benzene rings is 1. The summed E-state index contributed by atoms with van der Waals surface area (Å²) in [6, 6.07) is 5.89. The second-order valence-electron chi connectivity index (χ2n) is 4.58. The molecule has 1 aliphatic carbocycles. The summed E-state index contributed by atoms with van der Waals surface area (Å²) in [5, 5.41) is 2.78. The van der Waals surface area contributed by atoms with Gasteiger partial charge in [-0.25, -0.2) is 0 Å². The summed E-state index contributed by atoms with van der Waals surface area (Å²) in [6.45, 7) is 2.14. The average Bonchev–Trinajstić information content (AvgIpc) is 3.09. The van der Waals surface area contributed by atoms with Gasteiger partial charge in [0.25, 0.3) is 0 Å². The molecule has 1 amide bonds. The largest absolute Gasteiger partial charge is 0.495 e. The van der Waals surface area contributed by atoms with Crippen LogP contribution in [0.4, 0.5) is 5.69 Å². The molecule has 0 atom stereocenters. The summed E-state index contributed by atoms with van der Waals surface area (Å²) < 4.78 is 5.22. The predicted octanol–water partition coefficient (Wildman–Crippen LogP) is 1.64. The van der Waals surface area contributed by atoms with Gasteiger partial charge in [-0.05, 0) is 30.5 Å². The van der Waals surface area contributed by atoms with Gasteiger partial charge in [-0.15, -0.1) is 0 Å². The van der Waals surface area contributed by atoms with Crippen LogP contribution >= 0.6 is 0 Å². The van der Waals surface area contributed by atoms with E-state index in [1.54, 1.807) is 7.11 Å². The minimum atomic E-state index is -0.0990. The molecule has 1 aromatic rings. The number of methoxy groups -OCH3 is 1. The van der Waals surface area contributed by atoms with Gasteiger partial charge >= 0.3 is 0 Å². The van der Waals surface area contributed by atoms with E-state index >= 15 is 0 Å². The standard InChI is InChI=1S/C13H18N2O2/c1-9(16)15-11-7-10(3-4-12(11)17-2)13(8-14)5-6-13/h3-4,7H,5-6,8,14H2,1-2H3,(H,15,16). The molecule has 2 rings (SSSR count). The van der Waals surface area contributed by atoms with E-state index < -0.39 is 0 Å². The molecule has 0 aliphatic heterocycles. The van der Waals surface area contributed by atoms with Crippen LogP contribution in [0.3, 0.4) is 0 Å². The van der Waals surface area contributed by atoms with Crippen LogP contribution in [0.5, 0.6) is 5.75 Å². The van der Waals surface area contributed by atoms with E-state index in [0.29, 0.717) is 12.3 Å². The normalized spacial score (nSPS) is 16.4. The zero-order valence-corrected chi connectivity index (χ0v) is 10.2. The third kappa shape index (κ3) is 2.26. The maximum Gasteiger partial charge on any atom is 0.221 e. The molecular weight excluding hydrogens is 216 g/mol. The summed E-state index contributed by atoms with van der Waals surface area (Å²) in [7, 11) is 1.59. The molecule has 0 heterocycles. The van der Waals surface area contributed by atoms with E-state index in [4.69, 9.17) is 10.5 Å². The molecular formula is C13H18N2O2. The molecule has 0 bridgehead atoms. The fourth-order valence-electron chi connectivity index (χ4n) is 2.09. The van der Waals surface area contributed by atoms with Gasteiger partial charge < -0.3 is 15.8 Å². The maximum atomic E-state index is 11.1. The Hall–Kier alpha value is -1.55. The van der Waals surface area contributed by atoms with Gasteiger partial charge in [0.1, 0.15) is 5.75 Å². The predicted molar refractivity (Wildman–Crippen MR) is 67.3 cm³/mol. The first-order valence-electron chi connectivity index (χ1n) is 5.77. The fraction of sp³-hybridized carbons (Fsp3) is 0.462. The Bertz CT molecular complexity index is 439. The molecule has 1 aliphatic rings. The number of anilines is 1. The Labute approximate surface area is 101 Å². The molecule has 0 radical (unpaired) electrons. The van der Waals surface area contributed by atoms with E-state index in [0.717, 1.165) is 18.5 Å². The number of hydrogen-bond acceptors (Lipinski definition) is 3. The summed E-state index contributed by atoms with van der Waals surface area (Å²) in [5.74, 6) is 0.579. The van der Waals surface area contributed by atoms with Gasteiger partial charge in [-0.1, -0.05) is 6.07 Å². The molecule has 0 saturated heterocycles. The summed E-state index contributed by atoms with van der Waals surface area (Å²) in [6.07, 6.45) is 2.24. The van der Waals surface area contributed by atoms with E-state index in [1.807, 2.05) is 18.2 Å². The van der Waals surface area contributed by atoms with Crippen molar-refractivity contribution in [3.8, 4) is 5.75 Å². The summed E-state index contributed by atoms with van der Waals surface area (Å²) in [4.78, 5) is 11.1. The van der Waals surface area contributed by atoms with Crippen LogP contribution in [-0.4, -0.2) is 19.6 Å². The SMILES string of the molecule is COc1ccc(C2(CN)CC2)cc1NC(C)=O. The van der Waals surface area contributed by atoms with Crippen molar-refractivity contribution in [2.24, 2.45) is 5.73 Å². The first kappa shape index (κ1) is 11.9. The van der Waals surface area contributed by atoms with Gasteiger partial charge in [0.05, 0.1) is 12.8 Å². The van der Waals surface area contributed by atoms with E-state index in [9.17, 15) is 4.79 Å². The third-order valence-electron chi connectivity index (χ3n) is 3.37. The lowest BCUT2D eigenvalue weighted by molar-refractivity contribution is -0.114. The van der Waals surface area contributed by atoms with Gasteiger partial charge in [-0.3, -0.25) is 4.79 Å². The van der Waals surface area contributed by atoms with Crippen molar-refractivity contribution >= 4 is 11.6 Å². The van der Waals surface area contributed by atoms with Crippen molar-refractivity contribution in [2.45, 2.75) is 25.2 Å². The van der Waals surface area contributed by atoms with Crippen molar-refractivity contribution in [1.29, 1.82) is 0 Å². The lowest BCUT2D eigenvalue weighted by atomic mass is 9.95. The van der Waals surface area contributed by atoms with Gasteiger partial charge in [0, 0.05) is 18.9 Å². The van der Waals surface area contributed by atoms with Crippen molar-refractivity contribution in [3.05, 3.63) is 23.8 Å². The van der Waals surface area contributed by atoms with Gasteiger partial charge in [0.2, 0.25) is 5.91 Å². The highest BCUT2D eigenvalue weighted by Gasteiger charge is 2.43. The molecule has 3 N–H and O–H groups in total. The molecule has 1 fully saturated rings. The smallest absolute Gasteiger partial charge is 0.221 e. The molecule has 0 spiro atoms. The van der Waals surface area contributed by atoms with Crippen LogP contribution in [0.25, 0.3) is 0 Å². The number of carbonyl (C=O) groups is 1. The number of nitrogens with one attached hydrogen (secondary N) is 1. The van der Waals surface area contributed by atoms with Crippen LogP contribution in [0, 0.1) is 0 Å². The van der Waals surface area contributed by atoms with Crippen LogP contribution in [0.2, 0.25) is 0 Å². The number of rotatable bonds is 4. The Kier molecular flexibility index (Phi) is 3.07. The highest BCUT2D eigenvalue weighted by atomic mass is 16.5. The molecule has 1 aromatic carbocycles. The number of carbonyl (C=O) groups excluding carboxylic acids is 1. The zero-order valence-electron chi connectivity index (χ0n) is 10.2. The zero-order chi connectivity index (χ0) is 12.5. The van der Waals surface area contributed by atoms with Crippen molar-refractivity contribution in [1.82, 2.24) is 0 Å². The van der Waals surface area contributed by atoms with Gasteiger partial charge in [0.15, 0.2) is 0 Å². The van der Waals surface area contributed by atoms with Crippen LogP contribution < -0.4 is 15.8 Å². The Morgan fingerprint density at radius 2 is 2.24 bits per heavy atom. The van der Waals surface area contributed by atoms with Crippen LogP contribution in [0.1, 0.15) is 25.3 Å². The minimum Gasteiger partial charge on any atom is -0.495 e. The second-order valence-corrected chi connectivity index (χ2v) is 4.58. The monoisotopic (exact) mass is 234 g/mol. The van der Waals surface area contributed by atoms with Crippen LogP contribution in [0.15, 0.2) is 18.2 Å². The highest BCUT2D eigenvalue weighted by molar-refractivity contribution is 5.90. The van der Waals surface area contributed by atoms with Crippen molar-refractivity contribution < 1.29 is 9.53 Å². The number of nitrogens with two attached hydrogens (primary N) is 1. The Balaban J connectivity index is 2.34. The lowest BCUT2D eigenvalue weighted by Crippen LogP contribution is -2.20. The average molecular weight is 234 g/mol. The first-order valence-corrected chi connectivity index (χ1v) is 5.77. The third-order valence-corrected chi connectivity index (χ3v) is 3.37. The van der Waals surface area contributed by atoms with Crippen molar-refractivity contribution in [2.75, 3.05) is 19.0 Å². The van der Waals surface area contributed by atoms with E-state index in [1.165, 1.54) is 12.5 Å². The molecule has 0 unspecified atom stereocenters. The quantitative estimate of drug-likeness (QED) is 0.832. The molecule has 17 heavy (non-hydrogen) atoms. The highest BCUT2D eigenvalue weighted by Crippen LogP contribution is 2.48. The maximum absolute atomic E-state index is 11.1. The van der Waals surface area contributed by atoms with Gasteiger partial charge in [-0.2, -0.15) is 0 Å². The van der Waals surface area contributed by atoms with Crippen LogP contribution in [-0.2, 0) is 10.2 Å². The first-order chi connectivity index (χ1) is 8.11. The Morgan fingerprint density at radius 1 is 1.53 bits per heavy atom. The molecule has 1 saturated carbocycles. The number of ether oxygens (including phenoxy) is 1. The summed E-state index contributed by atoms with van der Waals surface area (Å²) in [5.41, 5.74) is 7.83. The fourth-order valence-corrected chi connectivity index (χ4v) is 2.09. The molecule has 4 heteroatoms. The van der Waals surface area contributed by atoms with E-state index in [-0.39, 0.29) is 11.3 Å². The lowest BCUT2D eigenvalue weighted by Gasteiger charge is -2.16.